The number of halogens is 2. The Hall–Kier alpha value is -1.61. The topological polar surface area (TPSA) is 190 Å². The molecule has 4 N–H and O–H groups in total. The number of hydrogen-bond donors (Lipinski definition) is 4. The Kier molecular flexibility index (Phi) is 6.26. The summed E-state index contributed by atoms with van der Waals surface area (Å²) in [6, 6.07) is 0. The molecule has 1 aliphatic rings. The number of nitrogens with zero attached hydrogens (tertiary/aromatic N) is 5. The fraction of sp³-hybridized carbons (Fsp3) is 0.643. The van der Waals surface area contributed by atoms with Gasteiger partial charge in [0.1, 0.15) is 12.4 Å². The number of aliphatic hydroxyl groups is 1. The number of aryl methyl sites for hydroxylation is 1. The number of fused-ring (bicyclic) bond motifs is 1. The lowest BCUT2D eigenvalue weighted by Crippen LogP contribution is -2.46. The molecule has 3 rings (SSSR count). The summed E-state index contributed by atoms with van der Waals surface area (Å²) in [5, 5.41) is 10.2. The van der Waals surface area contributed by atoms with Gasteiger partial charge >= 0.3 is 15.6 Å². The third-order valence-electron chi connectivity index (χ3n) is 4.56. The third-order valence-corrected chi connectivity index (χ3v) is 6.69. The van der Waals surface area contributed by atoms with Gasteiger partial charge in [-0.25, -0.2) is 32.9 Å². The molecule has 0 amide bonds. The number of phosphoric ester groups is 1. The number of aromatic nitrogens is 4. The SMILES string of the molecule is Cc1nc(N(C)C)c2ncn([C@@H]3O[C@](F)(COP(=O)(O)OP(=O)(O)O)[C@@H](O)[C@@]3(C)F)c2n1. The normalized spacial score (nSPS) is 30.6. The van der Waals surface area contributed by atoms with Crippen molar-refractivity contribution < 1.29 is 51.3 Å². The third kappa shape index (κ3) is 4.69. The average Bonchev–Trinajstić information content (AvgIpc) is 3.11. The highest BCUT2D eigenvalue weighted by Crippen LogP contribution is 2.59. The van der Waals surface area contributed by atoms with Gasteiger partial charge in [0.2, 0.25) is 0 Å². The van der Waals surface area contributed by atoms with Crippen LogP contribution in [-0.2, 0) is 22.7 Å². The minimum absolute atomic E-state index is 0.0603. The maximum Gasteiger partial charge on any atom is 0.481 e. The molecule has 5 atom stereocenters. The summed E-state index contributed by atoms with van der Waals surface area (Å²) in [6.07, 6.45) is -3.31. The van der Waals surface area contributed by atoms with Crippen molar-refractivity contribution in [3.63, 3.8) is 0 Å². The minimum atomic E-state index is -5.48. The van der Waals surface area contributed by atoms with Crippen LogP contribution < -0.4 is 4.90 Å². The fourth-order valence-electron chi connectivity index (χ4n) is 3.18. The van der Waals surface area contributed by atoms with Gasteiger partial charge in [-0.2, -0.15) is 4.31 Å². The zero-order chi connectivity index (χ0) is 24.3. The van der Waals surface area contributed by atoms with Crippen LogP contribution in [-0.4, -0.2) is 77.6 Å². The van der Waals surface area contributed by atoms with Crippen molar-refractivity contribution in [1.29, 1.82) is 0 Å². The van der Waals surface area contributed by atoms with E-state index in [1.807, 2.05) is 0 Å². The van der Waals surface area contributed by atoms with E-state index in [0.717, 1.165) is 17.8 Å². The second kappa shape index (κ2) is 8.01. The van der Waals surface area contributed by atoms with Crippen molar-refractivity contribution in [3.05, 3.63) is 12.2 Å². The van der Waals surface area contributed by atoms with Gasteiger partial charge in [-0.15, -0.1) is 0 Å². The molecule has 14 nitrogen and oxygen atoms in total. The second-order valence-corrected chi connectivity index (χ2v) is 10.3. The number of phosphoric acid groups is 2. The summed E-state index contributed by atoms with van der Waals surface area (Å²) in [5.74, 6) is -2.74. The second-order valence-electron chi connectivity index (χ2n) is 7.44. The Morgan fingerprint density at radius 1 is 1.28 bits per heavy atom. The molecule has 0 aliphatic carbocycles. The molecular weight excluding hydrogens is 482 g/mol. The van der Waals surface area contributed by atoms with Gasteiger partial charge in [-0.1, -0.05) is 0 Å². The molecule has 1 unspecified atom stereocenters. The van der Waals surface area contributed by atoms with E-state index in [0.29, 0.717) is 5.82 Å². The highest BCUT2D eigenvalue weighted by atomic mass is 31.3. The van der Waals surface area contributed by atoms with Gasteiger partial charge in [0.25, 0.3) is 5.85 Å². The molecule has 2 aromatic heterocycles. The highest BCUT2D eigenvalue weighted by Gasteiger charge is 2.65. The summed E-state index contributed by atoms with van der Waals surface area (Å²) in [6.45, 7) is 0.790. The molecule has 0 radical (unpaired) electrons. The van der Waals surface area contributed by atoms with Crippen LogP contribution in [0.5, 0.6) is 0 Å². The fourth-order valence-corrected chi connectivity index (χ4v) is 4.79. The van der Waals surface area contributed by atoms with Gasteiger partial charge in [-0.05, 0) is 13.8 Å². The number of anilines is 1. The van der Waals surface area contributed by atoms with Crippen LogP contribution in [0.1, 0.15) is 19.0 Å². The smallest absolute Gasteiger partial charge is 0.384 e. The van der Waals surface area contributed by atoms with Crippen LogP contribution >= 0.6 is 15.6 Å². The van der Waals surface area contributed by atoms with E-state index < -0.39 is 46.1 Å². The summed E-state index contributed by atoms with van der Waals surface area (Å²) in [7, 11) is -7.59. The highest BCUT2D eigenvalue weighted by molar-refractivity contribution is 7.60. The molecule has 0 bridgehead atoms. The van der Waals surface area contributed by atoms with Gasteiger partial charge in [0.15, 0.2) is 35.0 Å². The molecule has 32 heavy (non-hydrogen) atoms. The Bertz CT molecular complexity index is 1130. The van der Waals surface area contributed by atoms with Crippen molar-refractivity contribution in [2.45, 2.75) is 37.7 Å². The molecule has 1 saturated heterocycles. The lowest BCUT2D eigenvalue weighted by Gasteiger charge is -2.25. The molecule has 18 heteroatoms. The van der Waals surface area contributed by atoms with Crippen LogP contribution in [0.4, 0.5) is 14.6 Å². The van der Waals surface area contributed by atoms with Crippen LogP contribution in [0.15, 0.2) is 6.33 Å². The Morgan fingerprint density at radius 2 is 1.91 bits per heavy atom. The Balaban J connectivity index is 1.95. The van der Waals surface area contributed by atoms with Crippen LogP contribution in [0.3, 0.4) is 0 Å². The van der Waals surface area contributed by atoms with Crippen molar-refractivity contribution in [3.8, 4) is 0 Å². The van der Waals surface area contributed by atoms with Crippen LogP contribution in [0, 0.1) is 6.92 Å². The molecule has 3 heterocycles. The summed E-state index contributed by atoms with van der Waals surface area (Å²) in [5.41, 5.74) is -2.53. The number of alkyl halides is 2. The number of rotatable bonds is 7. The average molecular weight is 503 g/mol. The Labute approximate surface area is 179 Å². The lowest BCUT2D eigenvalue weighted by atomic mass is 9.97. The first kappa shape index (κ1) is 25.0. The molecule has 0 spiro atoms. The van der Waals surface area contributed by atoms with Gasteiger partial charge in [0.05, 0.1) is 6.33 Å². The van der Waals surface area contributed by atoms with E-state index in [1.54, 1.807) is 25.9 Å². The van der Waals surface area contributed by atoms with E-state index >= 15 is 8.78 Å². The molecule has 180 valence electrons. The standard InChI is InChI=1S/C14H21F2N5O9P2/c1-7-18-9(20(3)4)8-10(19-7)21(6-17-8)12-13(2,15)11(22)14(16,29-12)5-28-32(26,27)30-31(23,24)25/h6,11-12,22H,5H2,1-4H3,(H,26,27)(H2,23,24,25)/t11-,12+,13+,14+/m0/s1. The lowest BCUT2D eigenvalue weighted by molar-refractivity contribution is -0.203. The molecule has 1 fully saturated rings. The van der Waals surface area contributed by atoms with E-state index in [2.05, 4.69) is 23.8 Å². The number of hydrogen-bond acceptors (Lipinski definition) is 10. The zero-order valence-corrected chi connectivity index (χ0v) is 18.9. The van der Waals surface area contributed by atoms with Crippen molar-refractivity contribution in [2.24, 2.45) is 0 Å². The van der Waals surface area contributed by atoms with Gasteiger partial charge in [0, 0.05) is 14.1 Å². The van der Waals surface area contributed by atoms with Crippen LogP contribution in [0.25, 0.3) is 11.2 Å². The molecular formula is C14H21F2N5O9P2. The van der Waals surface area contributed by atoms with Crippen molar-refractivity contribution in [2.75, 3.05) is 25.6 Å². The number of imidazole rings is 1. The molecule has 0 aromatic carbocycles. The van der Waals surface area contributed by atoms with E-state index in [-0.39, 0.29) is 17.0 Å². The van der Waals surface area contributed by atoms with E-state index in [1.165, 1.54) is 0 Å². The first-order valence-electron chi connectivity index (χ1n) is 8.83. The Morgan fingerprint density at radius 3 is 2.47 bits per heavy atom. The molecule has 0 saturated carbocycles. The molecule has 2 aromatic rings. The first-order chi connectivity index (χ1) is 14.5. The quantitative estimate of drug-likeness (QED) is 0.387. The van der Waals surface area contributed by atoms with E-state index in [9.17, 15) is 19.1 Å². The van der Waals surface area contributed by atoms with Crippen molar-refractivity contribution in [1.82, 2.24) is 19.5 Å². The zero-order valence-electron chi connectivity index (χ0n) is 17.2. The van der Waals surface area contributed by atoms with Gasteiger partial charge in [-0.3, -0.25) is 9.09 Å². The number of ether oxygens (including phenoxy) is 1. The predicted molar refractivity (Wildman–Crippen MR) is 103 cm³/mol. The maximum absolute atomic E-state index is 15.4. The molecule has 1 aliphatic heterocycles. The van der Waals surface area contributed by atoms with Gasteiger partial charge < -0.3 is 29.4 Å². The summed E-state index contributed by atoms with van der Waals surface area (Å²) in [4.78, 5) is 40.7. The predicted octanol–water partition coefficient (Wildman–Crippen LogP) is 0.711. The monoisotopic (exact) mass is 503 g/mol. The maximum atomic E-state index is 15.4. The first-order valence-corrected chi connectivity index (χ1v) is 11.9. The summed E-state index contributed by atoms with van der Waals surface area (Å²) < 4.78 is 66.9. The summed E-state index contributed by atoms with van der Waals surface area (Å²) >= 11 is 0. The minimum Gasteiger partial charge on any atom is -0.384 e. The van der Waals surface area contributed by atoms with Crippen molar-refractivity contribution >= 4 is 32.6 Å². The largest absolute Gasteiger partial charge is 0.481 e. The van der Waals surface area contributed by atoms with Crippen LogP contribution in [0.2, 0.25) is 0 Å². The number of aliphatic hydroxyl groups excluding tert-OH is 1. The van der Waals surface area contributed by atoms with E-state index in [4.69, 9.17) is 14.5 Å².